The van der Waals surface area contributed by atoms with Crippen molar-refractivity contribution >= 4 is 0 Å². The van der Waals surface area contributed by atoms with Crippen LogP contribution in [0.15, 0.2) is 0 Å². The minimum atomic E-state index is 0.195. The molecule has 1 atom stereocenters. The van der Waals surface area contributed by atoms with Crippen molar-refractivity contribution in [3.63, 3.8) is 0 Å². The molecule has 0 aliphatic heterocycles. The molecule has 98 valence electrons. The first kappa shape index (κ1) is 15.9. The first-order valence-corrected chi connectivity index (χ1v) is 6.52. The SMILES string of the molecule is CC(C)C(CN)CNC(C)(C)CC(C)(C)C. The summed E-state index contributed by atoms with van der Waals surface area (Å²) in [6, 6.07) is 0. The Morgan fingerprint density at radius 3 is 1.88 bits per heavy atom. The first-order chi connectivity index (χ1) is 7.07. The quantitative estimate of drug-likeness (QED) is 0.733. The van der Waals surface area contributed by atoms with Crippen molar-refractivity contribution in [2.24, 2.45) is 23.0 Å². The summed E-state index contributed by atoms with van der Waals surface area (Å²) in [4.78, 5) is 0. The van der Waals surface area contributed by atoms with Gasteiger partial charge >= 0.3 is 0 Å². The van der Waals surface area contributed by atoms with Crippen LogP contribution in [0, 0.1) is 17.3 Å². The van der Waals surface area contributed by atoms with E-state index in [0.717, 1.165) is 13.1 Å². The van der Waals surface area contributed by atoms with Gasteiger partial charge < -0.3 is 11.1 Å². The Bertz CT molecular complexity index is 189. The van der Waals surface area contributed by atoms with Crippen LogP contribution in [0.2, 0.25) is 0 Å². The van der Waals surface area contributed by atoms with Gasteiger partial charge in [0.25, 0.3) is 0 Å². The van der Waals surface area contributed by atoms with Crippen LogP contribution in [0.5, 0.6) is 0 Å². The minimum Gasteiger partial charge on any atom is -0.330 e. The van der Waals surface area contributed by atoms with E-state index in [1.807, 2.05) is 0 Å². The van der Waals surface area contributed by atoms with Crippen molar-refractivity contribution in [2.75, 3.05) is 13.1 Å². The standard InChI is InChI=1S/C14H32N2/c1-11(2)12(8-15)9-16-14(6,7)10-13(3,4)5/h11-12,16H,8-10,15H2,1-7H3. The maximum Gasteiger partial charge on any atom is 0.0130 e. The van der Waals surface area contributed by atoms with Crippen molar-refractivity contribution < 1.29 is 0 Å². The maximum atomic E-state index is 5.79. The highest BCUT2D eigenvalue weighted by Gasteiger charge is 2.25. The van der Waals surface area contributed by atoms with E-state index in [4.69, 9.17) is 5.73 Å². The van der Waals surface area contributed by atoms with Crippen LogP contribution in [0.1, 0.15) is 54.9 Å². The Morgan fingerprint density at radius 1 is 1.06 bits per heavy atom. The monoisotopic (exact) mass is 228 g/mol. The van der Waals surface area contributed by atoms with E-state index in [1.54, 1.807) is 0 Å². The van der Waals surface area contributed by atoms with E-state index in [0.29, 0.717) is 17.3 Å². The van der Waals surface area contributed by atoms with Gasteiger partial charge in [-0.15, -0.1) is 0 Å². The van der Waals surface area contributed by atoms with E-state index in [9.17, 15) is 0 Å². The van der Waals surface area contributed by atoms with E-state index in [-0.39, 0.29) is 5.54 Å². The molecule has 0 aliphatic rings. The predicted octanol–water partition coefficient (Wildman–Crippen LogP) is 3.02. The van der Waals surface area contributed by atoms with Crippen molar-refractivity contribution in [1.82, 2.24) is 5.32 Å². The summed E-state index contributed by atoms with van der Waals surface area (Å²) in [5, 5.41) is 3.67. The highest BCUT2D eigenvalue weighted by Crippen LogP contribution is 2.27. The summed E-state index contributed by atoms with van der Waals surface area (Å²) < 4.78 is 0. The van der Waals surface area contributed by atoms with Gasteiger partial charge in [0.05, 0.1) is 0 Å². The molecule has 0 aliphatic carbocycles. The molecular weight excluding hydrogens is 196 g/mol. The van der Waals surface area contributed by atoms with E-state index >= 15 is 0 Å². The lowest BCUT2D eigenvalue weighted by Crippen LogP contribution is -2.46. The van der Waals surface area contributed by atoms with Gasteiger partial charge in [0.2, 0.25) is 0 Å². The lowest BCUT2D eigenvalue weighted by Gasteiger charge is -2.35. The molecule has 3 N–H and O–H groups in total. The van der Waals surface area contributed by atoms with Crippen molar-refractivity contribution in [3.05, 3.63) is 0 Å². The summed E-state index contributed by atoms with van der Waals surface area (Å²) >= 11 is 0. The second-order valence-corrected chi connectivity index (χ2v) is 7.24. The molecule has 0 radical (unpaired) electrons. The molecule has 0 aromatic rings. The zero-order chi connectivity index (χ0) is 13.0. The number of hydrogen-bond acceptors (Lipinski definition) is 2. The topological polar surface area (TPSA) is 38.0 Å². The molecule has 0 heterocycles. The average Bonchev–Trinajstić information content (AvgIpc) is 1.99. The molecular formula is C14H32N2. The average molecular weight is 228 g/mol. The van der Waals surface area contributed by atoms with Crippen molar-refractivity contribution in [2.45, 2.75) is 60.4 Å². The lowest BCUT2D eigenvalue weighted by molar-refractivity contribution is 0.223. The molecule has 0 aromatic heterocycles. The van der Waals surface area contributed by atoms with Crippen LogP contribution in [0.25, 0.3) is 0 Å². The Kier molecular flexibility index (Phi) is 5.99. The summed E-state index contributed by atoms with van der Waals surface area (Å²) in [7, 11) is 0. The molecule has 1 unspecified atom stereocenters. The van der Waals surface area contributed by atoms with Crippen LogP contribution in [0.4, 0.5) is 0 Å². The van der Waals surface area contributed by atoms with Crippen LogP contribution in [0.3, 0.4) is 0 Å². The lowest BCUT2D eigenvalue weighted by atomic mass is 9.81. The fraction of sp³-hybridized carbons (Fsp3) is 1.00. The van der Waals surface area contributed by atoms with Gasteiger partial charge in [0, 0.05) is 5.54 Å². The summed E-state index contributed by atoms with van der Waals surface area (Å²) in [6.07, 6.45) is 1.18. The third-order valence-electron chi connectivity index (χ3n) is 3.06. The van der Waals surface area contributed by atoms with Crippen molar-refractivity contribution in [3.8, 4) is 0 Å². The van der Waals surface area contributed by atoms with E-state index in [2.05, 4.69) is 53.8 Å². The predicted molar refractivity (Wildman–Crippen MR) is 73.5 cm³/mol. The fourth-order valence-corrected chi connectivity index (χ4v) is 2.39. The number of hydrogen-bond donors (Lipinski definition) is 2. The van der Waals surface area contributed by atoms with E-state index in [1.165, 1.54) is 6.42 Å². The van der Waals surface area contributed by atoms with Gasteiger partial charge in [0.15, 0.2) is 0 Å². The number of nitrogens with one attached hydrogen (secondary N) is 1. The van der Waals surface area contributed by atoms with Crippen LogP contribution in [-0.2, 0) is 0 Å². The molecule has 2 nitrogen and oxygen atoms in total. The van der Waals surface area contributed by atoms with Crippen LogP contribution in [-0.4, -0.2) is 18.6 Å². The van der Waals surface area contributed by atoms with Gasteiger partial charge in [-0.1, -0.05) is 34.6 Å². The Balaban J connectivity index is 4.17. The largest absolute Gasteiger partial charge is 0.330 e. The second-order valence-electron chi connectivity index (χ2n) is 7.24. The third kappa shape index (κ3) is 7.24. The van der Waals surface area contributed by atoms with Gasteiger partial charge in [-0.05, 0) is 50.6 Å². The highest BCUT2D eigenvalue weighted by molar-refractivity contribution is 4.84. The Morgan fingerprint density at radius 2 is 1.56 bits per heavy atom. The van der Waals surface area contributed by atoms with Gasteiger partial charge in [-0.2, -0.15) is 0 Å². The van der Waals surface area contributed by atoms with Crippen LogP contribution < -0.4 is 11.1 Å². The zero-order valence-electron chi connectivity index (χ0n) is 12.4. The van der Waals surface area contributed by atoms with Gasteiger partial charge in [0.1, 0.15) is 0 Å². The summed E-state index contributed by atoms with van der Waals surface area (Å²) in [5.41, 5.74) is 6.35. The summed E-state index contributed by atoms with van der Waals surface area (Å²) in [6.45, 7) is 17.7. The van der Waals surface area contributed by atoms with Gasteiger partial charge in [-0.3, -0.25) is 0 Å². The molecule has 0 rings (SSSR count). The number of nitrogens with two attached hydrogens (primary N) is 1. The Hall–Kier alpha value is -0.0800. The molecule has 0 saturated carbocycles. The van der Waals surface area contributed by atoms with Crippen LogP contribution >= 0.6 is 0 Å². The second kappa shape index (κ2) is 6.02. The van der Waals surface area contributed by atoms with E-state index < -0.39 is 0 Å². The molecule has 0 saturated heterocycles. The Labute approximate surface area is 102 Å². The van der Waals surface area contributed by atoms with Gasteiger partial charge in [-0.25, -0.2) is 0 Å². The first-order valence-electron chi connectivity index (χ1n) is 6.52. The highest BCUT2D eigenvalue weighted by atomic mass is 15.0. The number of rotatable bonds is 6. The maximum absolute atomic E-state index is 5.79. The molecule has 0 spiro atoms. The zero-order valence-corrected chi connectivity index (χ0v) is 12.4. The van der Waals surface area contributed by atoms with Crippen molar-refractivity contribution in [1.29, 1.82) is 0 Å². The molecule has 0 aromatic carbocycles. The smallest absolute Gasteiger partial charge is 0.0130 e. The normalized spacial score (nSPS) is 15.6. The minimum absolute atomic E-state index is 0.195. The fourth-order valence-electron chi connectivity index (χ4n) is 2.39. The molecule has 0 fully saturated rings. The molecule has 16 heavy (non-hydrogen) atoms. The summed E-state index contributed by atoms with van der Waals surface area (Å²) in [5.74, 6) is 1.24. The molecule has 0 bridgehead atoms. The molecule has 2 heteroatoms. The third-order valence-corrected chi connectivity index (χ3v) is 3.06. The molecule has 0 amide bonds.